The van der Waals surface area contributed by atoms with Gasteiger partial charge in [0, 0.05) is 42.5 Å². The van der Waals surface area contributed by atoms with E-state index < -0.39 is 10.0 Å². The molecule has 1 amide bonds. The maximum Gasteiger partial charge on any atom is 0.258 e. The molecule has 6 nitrogen and oxygen atoms in total. The highest BCUT2D eigenvalue weighted by atomic mass is 35.5. The van der Waals surface area contributed by atoms with Crippen molar-refractivity contribution in [2.75, 3.05) is 32.1 Å². The van der Waals surface area contributed by atoms with Crippen LogP contribution in [0, 0.1) is 0 Å². The van der Waals surface area contributed by atoms with E-state index in [1.165, 1.54) is 0 Å². The van der Waals surface area contributed by atoms with Gasteiger partial charge in [-0.1, -0.05) is 12.1 Å². The zero-order valence-electron chi connectivity index (χ0n) is 14.7. The van der Waals surface area contributed by atoms with Crippen molar-refractivity contribution in [1.82, 2.24) is 9.62 Å². The van der Waals surface area contributed by atoms with Crippen LogP contribution in [0.3, 0.4) is 0 Å². The Bertz CT molecular complexity index is 977. The Kier molecular flexibility index (Phi) is 5.00. The molecule has 2 heterocycles. The Balaban J connectivity index is 0.00000196. The van der Waals surface area contributed by atoms with Crippen LogP contribution in [0.5, 0.6) is 0 Å². The van der Waals surface area contributed by atoms with Gasteiger partial charge in [0.25, 0.3) is 5.91 Å². The molecule has 1 N–H and O–H groups in total. The van der Waals surface area contributed by atoms with Crippen LogP contribution >= 0.6 is 12.4 Å². The first-order chi connectivity index (χ1) is 12.0. The van der Waals surface area contributed by atoms with Crippen molar-refractivity contribution in [3.8, 4) is 0 Å². The second kappa shape index (κ2) is 6.81. The number of anilines is 1. The molecule has 2 aromatic rings. The van der Waals surface area contributed by atoms with Crippen molar-refractivity contribution in [3.05, 3.63) is 35.9 Å². The molecule has 1 fully saturated rings. The van der Waals surface area contributed by atoms with Crippen molar-refractivity contribution in [3.63, 3.8) is 0 Å². The summed E-state index contributed by atoms with van der Waals surface area (Å²) in [5.41, 5.74) is 1.34. The molecule has 1 unspecified atom stereocenters. The van der Waals surface area contributed by atoms with E-state index in [1.54, 1.807) is 46.6 Å². The van der Waals surface area contributed by atoms with Crippen molar-refractivity contribution in [2.24, 2.45) is 0 Å². The fraction of sp³-hybridized carbons (Fsp3) is 0.389. The Hall–Kier alpha value is -1.67. The predicted molar refractivity (Wildman–Crippen MR) is 105 cm³/mol. The second-order valence-electron chi connectivity index (χ2n) is 6.64. The monoisotopic (exact) mass is 395 g/mol. The fourth-order valence-corrected chi connectivity index (χ4v) is 5.91. The summed E-state index contributed by atoms with van der Waals surface area (Å²) in [5, 5.41) is 4.45. The quantitative estimate of drug-likeness (QED) is 0.861. The molecule has 0 bridgehead atoms. The highest BCUT2D eigenvalue weighted by Gasteiger charge is 2.37. The Labute approximate surface area is 159 Å². The number of amides is 1. The molecule has 1 saturated heterocycles. The molecule has 0 saturated carbocycles. The lowest BCUT2D eigenvalue weighted by Crippen LogP contribution is -2.40. The maximum absolute atomic E-state index is 13.3. The third-order valence-electron chi connectivity index (χ3n) is 5.22. The van der Waals surface area contributed by atoms with E-state index in [4.69, 9.17) is 0 Å². The topological polar surface area (TPSA) is 69.7 Å². The van der Waals surface area contributed by atoms with Crippen LogP contribution in [-0.4, -0.2) is 51.9 Å². The standard InChI is InChI=1S/C18H21N3O3S.ClH/c1-19-11-12-5-4-10-21(12)25(23,24)16-9-8-15-17-13(16)6-3-7-14(17)18(22)20(15)2;/h3,6-9,12,19H,4-5,10-11H2,1-2H3;1H. The van der Waals surface area contributed by atoms with E-state index in [0.29, 0.717) is 28.9 Å². The summed E-state index contributed by atoms with van der Waals surface area (Å²) >= 11 is 0. The molecule has 26 heavy (non-hydrogen) atoms. The zero-order chi connectivity index (χ0) is 17.8. The summed E-state index contributed by atoms with van der Waals surface area (Å²) in [7, 11) is -0.0601. The van der Waals surface area contributed by atoms with E-state index in [0.717, 1.165) is 23.9 Å². The number of hydrogen-bond acceptors (Lipinski definition) is 4. The second-order valence-corrected chi connectivity index (χ2v) is 8.50. The summed E-state index contributed by atoms with van der Waals surface area (Å²) in [6, 6.07) is 8.67. The largest absolute Gasteiger partial charge is 0.318 e. The van der Waals surface area contributed by atoms with Crippen molar-refractivity contribution in [1.29, 1.82) is 0 Å². The molecule has 0 spiro atoms. The third kappa shape index (κ3) is 2.62. The van der Waals surface area contributed by atoms with Gasteiger partial charge < -0.3 is 10.2 Å². The van der Waals surface area contributed by atoms with E-state index in [-0.39, 0.29) is 24.4 Å². The Morgan fingerprint density at radius 1 is 1.23 bits per heavy atom. The number of rotatable bonds is 4. The van der Waals surface area contributed by atoms with E-state index in [2.05, 4.69) is 5.32 Å². The highest BCUT2D eigenvalue weighted by molar-refractivity contribution is 7.89. The van der Waals surface area contributed by atoms with Crippen LogP contribution in [-0.2, 0) is 10.0 Å². The maximum atomic E-state index is 13.3. The van der Waals surface area contributed by atoms with Gasteiger partial charge >= 0.3 is 0 Å². The van der Waals surface area contributed by atoms with Gasteiger partial charge in [0.05, 0.1) is 10.6 Å². The summed E-state index contributed by atoms with van der Waals surface area (Å²) in [6.07, 6.45) is 1.73. The molecular weight excluding hydrogens is 374 g/mol. The summed E-state index contributed by atoms with van der Waals surface area (Å²) in [4.78, 5) is 14.3. The van der Waals surface area contributed by atoms with Gasteiger partial charge in [-0.2, -0.15) is 4.31 Å². The van der Waals surface area contributed by atoms with Crippen molar-refractivity contribution >= 4 is 44.8 Å². The summed E-state index contributed by atoms with van der Waals surface area (Å²) < 4.78 is 28.3. The molecule has 2 aliphatic heterocycles. The van der Waals surface area contributed by atoms with Gasteiger partial charge in [0.2, 0.25) is 10.0 Å². The van der Waals surface area contributed by atoms with Crippen LogP contribution < -0.4 is 10.2 Å². The molecule has 2 aliphatic rings. The molecule has 1 atom stereocenters. The zero-order valence-corrected chi connectivity index (χ0v) is 16.4. The first-order valence-electron chi connectivity index (χ1n) is 8.47. The number of nitrogens with zero attached hydrogens (tertiary/aromatic N) is 2. The van der Waals surface area contributed by atoms with Gasteiger partial charge in [-0.05, 0) is 38.1 Å². The average Bonchev–Trinajstić information content (AvgIpc) is 3.16. The lowest BCUT2D eigenvalue weighted by molar-refractivity contribution is 0.0999. The number of halogens is 1. The van der Waals surface area contributed by atoms with Crippen molar-refractivity contribution in [2.45, 2.75) is 23.8 Å². The van der Waals surface area contributed by atoms with Gasteiger partial charge in [0.15, 0.2) is 0 Å². The number of benzene rings is 2. The van der Waals surface area contributed by atoms with Crippen molar-refractivity contribution < 1.29 is 13.2 Å². The van der Waals surface area contributed by atoms with Gasteiger partial charge in [0.1, 0.15) is 0 Å². The van der Waals surface area contributed by atoms with Crippen LogP contribution in [0.1, 0.15) is 23.2 Å². The lowest BCUT2D eigenvalue weighted by atomic mass is 10.1. The van der Waals surface area contributed by atoms with E-state index in [9.17, 15) is 13.2 Å². The third-order valence-corrected chi connectivity index (χ3v) is 7.23. The number of carbonyl (C=O) groups is 1. The molecular formula is C18H22ClN3O3S. The highest BCUT2D eigenvalue weighted by Crippen LogP contribution is 2.40. The smallest absolute Gasteiger partial charge is 0.258 e. The van der Waals surface area contributed by atoms with Crippen LogP contribution in [0.25, 0.3) is 10.8 Å². The number of hydrogen-bond donors (Lipinski definition) is 1. The van der Waals surface area contributed by atoms with Crippen LogP contribution in [0.2, 0.25) is 0 Å². The number of nitrogens with one attached hydrogen (secondary N) is 1. The van der Waals surface area contributed by atoms with E-state index >= 15 is 0 Å². The minimum absolute atomic E-state index is 0. The minimum atomic E-state index is -3.61. The Morgan fingerprint density at radius 3 is 2.73 bits per heavy atom. The van der Waals surface area contributed by atoms with Crippen LogP contribution in [0.4, 0.5) is 5.69 Å². The lowest BCUT2D eigenvalue weighted by Gasteiger charge is -2.24. The SMILES string of the molecule is CNCC1CCCN1S(=O)(=O)c1ccc2c3c(cccc13)C(=O)N2C.Cl. The molecule has 0 aliphatic carbocycles. The first kappa shape index (κ1) is 19.1. The van der Waals surface area contributed by atoms with E-state index in [1.807, 2.05) is 7.05 Å². The first-order valence-corrected chi connectivity index (χ1v) is 9.91. The average molecular weight is 396 g/mol. The minimum Gasteiger partial charge on any atom is -0.318 e. The van der Waals surface area contributed by atoms with Gasteiger partial charge in [-0.3, -0.25) is 4.79 Å². The summed E-state index contributed by atoms with van der Waals surface area (Å²) in [5.74, 6) is -0.0932. The van der Waals surface area contributed by atoms with Gasteiger partial charge in [-0.15, -0.1) is 12.4 Å². The van der Waals surface area contributed by atoms with Gasteiger partial charge in [-0.25, -0.2) is 8.42 Å². The van der Waals surface area contributed by atoms with Crippen LogP contribution in [0.15, 0.2) is 35.2 Å². The summed E-state index contributed by atoms with van der Waals surface area (Å²) in [6.45, 7) is 1.18. The Morgan fingerprint density at radius 2 is 2.00 bits per heavy atom. The molecule has 4 rings (SSSR count). The fourth-order valence-electron chi connectivity index (χ4n) is 4.03. The number of sulfonamides is 1. The molecule has 2 aromatic carbocycles. The predicted octanol–water partition coefficient (Wildman–Crippen LogP) is 2.22. The molecule has 8 heteroatoms. The molecule has 0 aromatic heterocycles. The molecule has 0 radical (unpaired) electrons. The molecule has 140 valence electrons. The number of carbonyl (C=O) groups excluding carboxylic acids is 1. The number of likely N-dealkylation sites (N-methyl/N-ethyl adjacent to an activating group) is 1. The normalized spacial score (nSPS) is 20.0.